The van der Waals surface area contributed by atoms with Crippen LogP contribution in [-0.4, -0.2) is 38.6 Å². The number of terminal acetylenes is 1. The monoisotopic (exact) mass is 238 g/mol. The lowest BCUT2D eigenvalue weighted by Crippen LogP contribution is -2.36. The van der Waals surface area contributed by atoms with Crippen molar-refractivity contribution >= 4 is 0 Å². The first-order valence-electron chi connectivity index (χ1n) is 6.30. The van der Waals surface area contributed by atoms with Gasteiger partial charge >= 0.3 is 0 Å². The van der Waals surface area contributed by atoms with Crippen LogP contribution in [0.25, 0.3) is 0 Å². The van der Waals surface area contributed by atoms with Gasteiger partial charge in [0.1, 0.15) is 0 Å². The molecule has 1 saturated heterocycles. The molecule has 1 heterocycles. The van der Waals surface area contributed by atoms with Gasteiger partial charge in [0.2, 0.25) is 0 Å². The Hall–Kier alpha value is -0.820. The van der Waals surface area contributed by atoms with Crippen molar-refractivity contribution in [2.45, 2.75) is 38.4 Å². The Morgan fingerprint density at radius 1 is 1.47 bits per heavy atom. The maximum atomic E-state index is 5.79. The Morgan fingerprint density at radius 2 is 2.35 bits per heavy atom. The van der Waals surface area contributed by atoms with Gasteiger partial charge in [-0.15, -0.1) is 6.42 Å². The fraction of sp³-hybridized carbons (Fsp3) is 0.714. The number of rotatable bonds is 7. The predicted octanol–water partition coefficient (Wildman–Crippen LogP) is 2.17. The van der Waals surface area contributed by atoms with Crippen LogP contribution in [0.2, 0.25) is 0 Å². The van der Waals surface area contributed by atoms with Gasteiger partial charge in [0.05, 0.1) is 25.4 Å². The molecule has 96 valence electrons. The fourth-order valence-corrected chi connectivity index (χ4v) is 1.90. The molecule has 1 rings (SSSR count). The van der Waals surface area contributed by atoms with E-state index >= 15 is 0 Å². The summed E-state index contributed by atoms with van der Waals surface area (Å²) in [5, 5.41) is 0. The van der Waals surface area contributed by atoms with Gasteiger partial charge in [-0.25, -0.2) is 0 Å². The summed E-state index contributed by atoms with van der Waals surface area (Å²) in [6, 6.07) is 0. The summed E-state index contributed by atoms with van der Waals surface area (Å²) in [6.07, 6.45) is 12.1. The third-order valence-corrected chi connectivity index (χ3v) is 2.73. The molecule has 2 atom stereocenters. The van der Waals surface area contributed by atoms with Crippen LogP contribution < -0.4 is 0 Å². The Morgan fingerprint density at radius 3 is 3.12 bits per heavy atom. The quantitative estimate of drug-likeness (QED) is 0.502. The van der Waals surface area contributed by atoms with E-state index in [-0.39, 0.29) is 12.2 Å². The first kappa shape index (κ1) is 14.2. The minimum Gasteiger partial charge on any atom is -0.379 e. The summed E-state index contributed by atoms with van der Waals surface area (Å²) in [6.45, 7) is 4.83. The molecule has 17 heavy (non-hydrogen) atoms. The maximum absolute atomic E-state index is 5.79. The molecule has 0 unspecified atom stereocenters. The molecule has 0 saturated carbocycles. The number of ether oxygens (including phenoxy) is 3. The maximum Gasteiger partial charge on any atom is 0.0871 e. The minimum absolute atomic E-state index is 0.134. The van der Waals surface area contributed by atoms with E-state index in [1.165, 1.54) is 0 Å². The molecule has 1 fully saturated rings. The molecular formula is C14H22O3. The Labute approximate surface area is 104 Å². The van der Waals surface area contributed by atoms with E-state index in [1.54, 1.807) is 6.08 Å². The van der Waals surface area contributed by atoms with Crippen LogP contribution in [0.15, 0.2) is 12.2 Å². The molecule has 0 amide bonds. The lowest BCUT2D eigenvalue weighted by Gasteiger charge is -2.31. The van der Waals surface area contributed by atoms with Crippen molar-refractivity contribution in [3.8, 4) is 12.3 Å². The number of hydrogen-bond donors (Lipinski definition) is 0. The summed E-state index contributed by atoms with van der Waals surface area (Å²) in [7, 11) is 0. The fourth-order valence-electron chi connectivity index (χ4n) is 1.90. The molecule has 0 aliphatic carbocycles. The molecule has 0 spiro atoms. The topological polar surface area (TPSA) is 27.7 Å². The molecule has 0 radical (unpaired) electrons. The van der Waals surface area contributed by atoms with E-state index in [1.807, 2.05) is 13.0 Å². The van der Waals surface area contributed by atoms with Crippen LogP contribution in [0.1, 0.15) is 26.2 Å². The average molecular weight is 238 g/mol. The second kappa shape index (κ2) is 9.23. The van der Waals surface area contributed by atoms with Crippen LogP contribution in [0, 0.1) is 12.3 Å². The molecule has 3 nitrogen and oxygen atoms in total. The second-order valence-corrected chi connectivity index (χ2v) is 3.96. The molecule has 3 heteroatoms. The SMILES string of the molecule is C#C/C=C\C[C@H]1OCCC[C@@H]1OCCOCC. The molecule has 0 aromatic heterocycles. The zero-order valence-electron chi connectivity index (χ0n) is 10.6. The minimum atomic E-state index is 0.134. The average Bonchev–Trinajstić information content (AvgIpc) is 2.36. The van der Waals surface area contributed by atoms with Crippen molar-refractivity contribution in [1.82, 2.24) is 0 Å². The number of allylic oxidation sites excluding steroid dienone is 1. The van der Waals surface area contributed by atoms with Gasteiger partial charge in [0.25, 0.3) is 0 Å². The lowest BCUT2D eigenvalue weighted by atomic mass is 10.0. The molecular weight excluding hydrogens is 216 g/mol. The van der Waals surface area contributed by atoms with Crippen molar-refractivity contribution in [3.05, 3.63) is 12.2 Å². The van der Waals surface area contributed by atoms with E-state index in [0.717, 1.165) is 32.5 Å². The van der Waals surface area contributed by atoms with Crippen molar-refractivity contribution in [2.24, 2.45) is 0 Å². The van der Waals surface area contributed by atoms with Gasteiger partial charge in [0, 0.05) is 13.2 Å². The van der Waals surface area contributed by atoms with Crippen molar-refractivity contribution < 1.29 is 14.2 Å². The molecule has 0 aromatic carbocycles. The molecule has 0 aromatic rings. The first-order valence-corrected chi connectivity index (χ1v) is 6.30. The zero-order valence-corrected chi connectivity index (χ0v) is 10.6. The molecule has 0 N–H and O–H groups in total. The summed E-state index contributed by atoms with van der Waals surface area (Å²) >= 11 is 0. The Bertz CT molecular complexity index is 255. The van der Waals surface area contributed by atoms with E-state index in [0.29, 0.717) is 13.2 Å². The zero-order chi connectivity index (χ0) is 12.3. The first-order chi connectivity index (χ1) is 8.38. The van der Waals surface area contributed by atoms with Gasteiger partial charge < -0.3 is 14.2 Å². The van der Waals surface area contributed by atoms with Crippen LogP contribution in [-0.2, 0) is 14.2 Å². The largest absolute Gasteiger partial charge is 0.379 e. The Kier molecular flexibility index (Phi) is 7.74. The second-order valence-electron chi connectivity index (χ2n) is 3.96. The van der Waals surface area contributed by atoms with Gasteiger partial charge in [0.15, 0.2) is 0 Å². The van der Waals surface area contributed by atoms with Gasteiger partial charge in [-0.05, 0) is 32.3 Å². The van der Waals surface area contributed by atoms with E-state index in [2.05, 4.69) is 5.92 Å². The highest BCUT2D eigenvalue weighted by atomic mass is 16.6. The van der Waals surface area contributed by atoms with Gasteiger partial charge in [-0.1, -0.05) is 12.0 Å². The van der Waals surface area contributed by atoms with E-state index in [4.69, 9.17) is 20.6 Å². The van der Waals surface area contributed by atoms with E-state index < -0.39 is 0 Å². The summed E-state index contributed by atoms with van der Waals surface area (Å²) < 4.78 is 16.8. The van der Waals surface area contributed by atoms with Crippen molar-refractivity contribution in [1.29, 1.82) is 0 Å². The van der Waals surface area contributed by atoms with Crippen LogP contribution in [0.3, 0.4) is 0 Å². The highest BCUT2D eigenvalue weighted by molar-refractivity contribution is 5.09. The predicted molar refractivity (Wildman–Crippen MR) is 67.8 cm³/mol. The number of hydrogen-bond acceptors (Lipinski definition) is 3. The third kappa shape index (κ3) is 5.88. The van der Waals surface area contributed by atoms with Gasteiger partial charge in [-0.2, -0.15) is 0 Å². The van der Waals surface area contributed by atoms with E-state index in [9.17, 15) is 0 Å². The van der Waals surface area contributed by atoms with Crippen molar-refractivity contribution in [3.63, 3.8) is 0 Å². The Balaban J connectivity index is 2.27. The summed E-state index contributed by atoms with van der Waals surface area (Å²) in [4.78, 5) is 0. The summed E-state index contributed by atoms with van der Waals surface area (Å²) in [5.41, 5.74) is 0. The van der Waals surface area contributed by atoms with Crippen molar-refractivity contribution in [2.75, 3.05) is 26.4 Å². The van der Waals surface area contributed by atoms with Gasteiger partial charge in [-0.3, -0.25) is 0 Å². The van der Waals surface area contributed by atoms with Crippen LogP contribution in [0.5, 0.6) is 0 Å². The smallest absolute Gasteiger partial charge is 0.0871 e. The summed E-state index contributed by atoms with van der Waals surface area (Å²) in [5.74, 6) is 2.49. The van der Waals surface area contributed by atoms with Crippen LogP contribution >= 0.6 is 0 Å². The third-order valence-electron chi connectivity index (χ3n) is 2.73. The normalized spacial score (nSPS) is 24.9. The highest BCUT2D eigenvalue weighted by Gasteiger charge is 2.25. The highest BCUT2D eigenvalue weighted by Crippen LogP contribution is 2.20. The molecule has 0 bridgehead atoms. The standard InChI is InChI=1S/C14H22O3/c1-3-5-6-8-13-14(9-7-10-16-13)17-12-11-15-4-2/h1,5-6,13-14H,4,7-12H2,2H3/b6-5-/t13-,14+/m1/s1. The molecule has 1 aliphatic rings. The van der Waals surface area contributed by atoms with Crippen LogP contribution in [0.4, 0.5) is 0 Å². The molecule has 1 aliphatic heterocycles. The lowest BCUT2D eigenvalue weighted by molar-refractivity contribution is -0.111.